The lowest BCUT2D eigenvalue weighted by Gasteiger charge is -2.53. The number of hydrogen-bond acceptors (Lipinski definition) is 8. The summed E-state index contributed by atoms with van der Waals surface area (Å²) in [5, 5.41) is 32.1. The highest BCUT2D eigenvalue weighted by Crippen LogP contribution is 2.50. The molecule has 1 aliphatic heterocycles. The average Bonchev–Trinajstić information content (AvgIpc) is 3.06. The Morgan fingerprint density at radius 2 is 1.64 bits per heavy atom. The molecule has 2 heterocycles. The van der Waals surface area contributed by atoms with Gasteiger partial charge >= 0.3 is 0 Å². The maximum absolute atomic E-state index is 11.4. The lowest BCUT2D eigenvalue weighted by molar-refractivity contribution is -0.124. The first-order valence-corrected chi connectivity index (χ1v) is 11.9. The van der Waals surface area contributed by atoms with Crippen LogP contribution >= 0.6 is 0 Å². The minimum absolute atomic E-state index is 0.000852. The maximum atomic E-state index is 11.4. The van der Waals surface area contributed by atoms with Gasteiger partial charge in [-0.2, -0.15) is 0 Å². The highest BCUT2D eigenvalue weighted by atomic mass is 16.3. The monoisotopic (exact) mass is 453 g/mol. The van der Waals surface area contributed by atoms with Crippen molar-refractivity contribution in [2.45, 2.75) is 68.0 Å². The van der Waals surface area contributed by atoms with Gasteiger partial charge in [0.25, 0.3) is 0 Å². The van der Waals surface area contributed by atoms with Crippen LogP contribution in [0.1, 0.15) is 50.5 Å². The molecule has 3 fully saturated rings. The van der Waals surface area contributed by atoms with Crippen LogP contribution in [0.2, 0.25) is 0 Å². The molecular formula is C25H35N5O3. The molecule has 5 rings (SSSR count). The second-order valence-corrected chi connectivity index (χ2v) is 10.4. The van der Waals surface area contributed by atoms with E-state index in [2.05, 4.69) is 64.2 Å². The van der Waals surface area contributed by atoms with E-state index in [0.717, 1.165) is 44.9 Å². The number of nitrogens with zero attached hydrogens (tertiary/aromatic N) is 5. The average molecular weight is 454 g/mol. The zero-order valence-corrected chi connectivity index (χ0v) is 19.6. The Morgan fingerprint density at radius 1 is 1.00 bits per heavy atom. The van der Waals surface area contributed by atoms with E-state index in [-0.39, 0.29) is 16.8 Å². The highest BCUT2D eigenvalue weighted by Gasteiger charge is 2.57. The third-order valence-corrected chi connectivity index (χ3v) is 8.44. The predicted octanol–water partition coefficient (Wildman–Crippen LogP) is 2.26. The van der Waals surface area contributed by atoms with Crippen molar-refractivity contribution in [2.75, 3.05) is 32.1 Å². The highest BCUT2D eigenvalue weighted by molar-refractivity contribution is 5.37. The van der Waals surface area contributed by atoms with Gasteiger partial charge in [0.2, 0.25) is 5.95 Å². The van der Waals surface area contributed by atoms with Crippen LogP contribution in [0, 0.1) is 0 Å². The molecule has 1 unspecified atom stereocenters. The zero-order chi connectivity index (χ0) is 23.3. The van der Waals surface area contributed by atoms with Crippen molar-refractivity contribution in [1.29, 1.82) is 0 Å². The summed E-state index contributed by atoms with van der Waals surface area (Å²) in [5.41, 5.74) is 0.250. The predicted molar refractivity (Wildman–Crippen MR) is 126 cm³/mol. The Kier molecular flexibility index (Phi) is 5.60. The number of aromatic nitrogens is 2. The quantitative estimate of drug-likeness (QED) is 0.635. The van der Waals surface area contributed by atoms with Gasteiger partial charge in [0, 0.05) is 24.2 Å². The normalized spacial score (nSPS) is 31.8. The smallest absolute Gasteiger partial charge is 0.228 e. The third kappa shape index (κ3) is 3.79. The summed E-state index contributed by atoms with van der Waals surface area (Å²) in [7, 11) is 4.31. The van der Waals surface area contributed by atoms with E-state index in [9.17, 15) is 15.3 Å². The molecule has 0 bridgehead atoms. The Morgan fingerprint density at radius 3 is 2.18 bits per heavy atom. The van der Waals surface area contributed by atoms with E-state index in [4.69, 9.17) is 0 Å². The number of aliphatic hydroxyl groups excluding tert-OH is 1. The molecule has 1 saturated heterocycles. The van der Waals surface area contributed by atoms with Crippen molar-refractivity contribution >= 4 is 5.95 Å². The molecule has 2 saturated carbocycles. The molecule has 0 radical (unpaired) electrons. The van der Waals surface area contributed by atoms with Gasteiger partial charge in [-0.25, -0.2) is 9.97 Å². The van der Waals surface area contributed by atoms with E-state index in [0.29, 0.717) is 19.0 Å². The fraction of sp³-hybridized carbons (Fsp3) is 0.600. The van der Waals surface area contributed by atoms with Gasteiger partial charge in [0.15, 0.2) is 12.1 Å². The summed E-state index contributed by atoms with van der Waals surface area (Å²) in [6, 6.07) is 10.7. The number of benzene rings is 1. The second kappa shape index (κ2) is 8.20. The van der Waals surface area contributed by atoms with Crippen LogP contribution < -0.4 is 4.90 Å². The minimum atomic E-state index is -0.914. The first-order valence-electron chi connectivity index (χ1n) is 11.9. The molecule has 1 spiro atoms. The first-order chi connectivity index (χ1) is 15.8. The minimum Gasteiger partial charge on any atom is -0.505 e. The van der Waals surface area contributed by atoms with E-state index >= 15 is 0 Å². The molecule has 1 atom stereocenters. The van der Waals surface area contributed by atoms with Crippen molar-refractivity contribution < 1.29 is 15.3 Å². The van der Waals surface area contributed by atoms with Gasteiger partial charge in [-0.3, -0.25) is 9.80 Å². The molecule has 8 nitrogen and oxygen atoms in total. The second-order valence-electron chi connectivity index (χ2n) is 10.4. The fourth-order valence-corrected chi connectivity index (χ4v) is 6.17. The summed E-state index contributed by atoms with van der Waals surface area (Å²) in [5.74, 6) is 0.398. The summed E-state index contributed by atoms with van der Waals surface area (Å²) in [4.78, 5) is 14.8. The van der Waals surface area contributed by atoms with Crippen LogP contribution in [0.5, 0.6) is 5.75 Å². The Bertz CT molecular complexity index is 956. The number of aliphatic hydroxyl groups is 2. The third-order valence-electron chi connectivity index (χ3n) is 8.44. The van der Waals surface area contributed by atoms with E-state index in [1.165, 1.54) is 18.0 Å². The molecule has 3 N–H and O–H groups in total. The number of rotatable bonds is 5. The number of aromatic hydroxyl groups is 1. The van der Waals surface area contributed by atoms with Gasteiger partial charge < -0.3 is 20.2 Å². The fourth-order valence-electron chi connectivity index (χ4n) is 6.17. The Balaban J connectivity index is 1.46. The lowest BCUT2D eigenvalue weighted by atomic mass is 9.67. The van der Waals surface area contributed by atoms with Crippen LogP contribution in [0.15, 0.2) is 42.7 Å². The molecule has 33 heavy (non-hydrogen) atoms. The molecule has 1 aromatic heterocycles. The van der Waals surface area contributed by atoms with E-state index in [1.807, 2.05) is 4.90 Å². The van der Waals surface area contributed by atoms with Gasteiger partial charge in [-0.05, 0) is 64.6 Å². The molecule has 8 heteroatoms. The molecule has 1 aromatic carbocycles. The molecule has 2 aromatic rings. The molecule has 0 amide bonds. The van der Waals surface area contributed by atoms with Crippen molar-refractivity contribution in [3.05, 3.63) is 48.3 Å². The molecule has 3 aliphatic rings. The summed E-state index contributed by atoms with van der Waals surface area (Å²) in [6.07, 6.45) is 8.06. The SMILES string of the molecule is CN(C)C1(c2ccccc2)CCC2(CC1)CN(c1ncc(O)cn1)C(O)N2CC1(O)CCC1. The standard InChI is InChI=1S/C25H35N5O3/c1-28(2)25(19-7-4-3-5-8-19)13-11-23(12-14-25)17-29(21-26-15-20(31)16-27-21)22(32)30(23)18-24(33)9-6-10-24/h3-5,7-8,15-16,22,31-33H,6,9-14,17-18H2,1-2H3. The molecule has 178 valence electrons. The van der Waals surface area contributed by atoms with Crippen LogP contribution in [-0.4, -0.2) is 79.8 Å². The van der Waals surface area contributed by atoms with Crippen molar-refractivity contribution in [2.24, 2.45) is 0 Å². The van der Waals surface area contributed by atoms with Crippen LogP contribution in [0.25, 0.3) is 0 Å². The van der Waals surface area contributed by atoms with Gasteiger partial charge in [0.05, 0.1) is 18.0 Å². The summed E-state index contributed by atoms with van der Waals surface area (Å²) < 4.78 is 0. The van der Waals surface area contributed by atoms with Crippen LogP contribution in [0.4, 0.5) is 5.95 Å². The lowest BCUT2D eigenvalue weighted by Crippen LogP contribution is -2.60. The zero-order valence-electron chi connectivity index (χ0n) is 19.6. The number of anilines is 1. The maximum Gasteiger partial charge on any atom is 0.228 e. The van der Waals surface area contributed by atoms with Gasteiger partial charge in [0.1, 0.15) is 0 Å². The molecule has 2 aliphatic carbocycles. The first kappa shape index (κ1) is 22.5. The Labute approximate surface area is 195 Å². The summed E-state index contributed by atoms with van der Waals surface area (Å²) >= 11 is 0. The Hall–Kier alpha value is -2.26. The van der Waals surface area contributed by atoms with Gasteiger partial charge in [-0.1, -0.05) is 30.3 Å². The molecular weight excluding hydrogens is 418 g/mol. The van der Waals surface area contributed by atoms with Crippen molar-refractivity contribution in [3.8, 4) is 5.75 Å². The largest absolute Gasteiger partial charge is 0.505 e. The van der Waals surface area contributed by atoms with E-state index in [1.54, 1.807) is 0 Å². The van der Waals surface area contributed by atoms with Gasteiger partial charge in [-0.15, -0.1) is 0 Å². The van der Waals surface area contributed by atoms with Crippen LogP contribution in [0.3, 0.4) is 0 Å². The number of β-amino-alcohol motifs (C(OH)–C–C–N with tert-alkyl or cyclic N) is 1. The van der Waals surface area contributed by atoms with E-state index < -0.39 is 12.0 Å². The number of hydrogen-bond donors (Lipinski definition) is 3. The topological polar surface area (TPSA) is 96.2 Å². The van der Waals surface area contributed by atoms with Crippen molar-refractivity contribution in [1.82, 2.24) is 19.8 Å². The van der Waals surface area contributed by atoms with Crippen LogP contribution in [-0.2, 0) is 5.54 Å². The summed E-state index contributed by atoms with van der Waals surface area (Å²) in [6.45, 7) is 1.04. The van der Waals surface area contributed by atoms with Crippen molar-refractivity contribution in [3.63, 3.8) is 0 Å².